The topological polar surface area (TPSA) is 29.3 Å². The number of nitrogens with two attached hydrogens (primary N) is 1. The third-order valence-electron chi connectivity index (χ3n) is 4.35. The van der Waals surface area contributed by atoms with Crippen LogP contribution in [0.4, 0.5) is 0 Å². The number of hydrogen-bond acceptors (Lipinski definition) is 3. The molecule has 1 saturated carbocycles. The molecule has 1 aromatic rings. The van der Waals surface area contributed by atoms with Crippen LogP contribution in [0.1, 0.15) is 56.0 Å². The molecule has 0 amide bonds. The molecule has 0 spiro atoms. The van der Waals surface area contributed by atoms with Gasteiger partial charge in [-0.1, -0.05) is 6.92 Å². The van der Waals surface area contributed by atoms with E-state index in [-0.39, 0.29) is 0 Å². The van der Waals surface area contributed by atoms with Crippen molar-refractivity contribution in [3.05, 3.63) is 21.9 Å². The van der Waals surface area contributed by atoms with E-state index in [0.29, 0.717) is 12.1 Å². The zero-order valence-corrected chi connectivity index (χ0v) is 12.7. The molecule has 1 unspecified atom stereocenters. The van der Waals surface area contributed by atoms with Crippen LogP contribution in [-0.2, 0) is 0 Å². The SMILES string of the molecule is CCN(C1CCC(N)CC1)C(C)c1sccc1C. The lowest BCUT2D eigenvalue weighted by atomic mass is 9.90. The molecule has 1 fully saturated rings. The summed E-state index contributed by atoms with van der Waals surface area (Å²) in [6, 6.07) is 3.96. The Morgan fingerprint density at radius 1 is 1.39 bits per heavy atom. The summed E-state index contributed by atoms with van der Waals surface area (Å²) in [4.78, 5) is 4.21. The number of hydrogen-bond donors (Lipinski definition) is 1. The second kappa shape index (κ2) is 6.18. The summed E-state index contributed by atoms with van der Waals surface area (Å²) < 4.78 is 0. The van der Waals surface area contributed by atoms with Crippen LogP contribution in [-0.4, -0.2) is 23.5 Å². The van der Waals surface area contributed by atoms with Crippen LogP contribution in [0.25, 0.3) is 0 Å². The normalized spacial score (nSPS) is 26.5. The average molecular weight is 266 g/mol. The van der Waals surface area contributed by atoms with Crippen LogP contribution < -0.4 is 5.73 Å². The third kappa shape index (κ3) is 2.95. The summed E-state index contributed by atoms with van der Waals surface area (Å²) in [5.41, 5.74) is 7.46. The van der Waals surface area contributed by atoms with Gasteiger partial charge in [0.25, 0.3) is 0 Å². The summed E-state index contributed by atoms with van der Waals surface area (Å²) in [5.74, 6) is 0. The van der Waals surface area contributed by atoms with E-state index in [1.807, 2.05) is 11.3 Å². The summed E-state index contributed by atoms with van der Waals surface area (Å²) in [6.45, 7) is 8.01. The Morgan fingerprint density at radius 2 is 2.06 bits per heavy atom. The molecule has 3 heteroatoms. The van der Waals surface area contributed by atoms with Crippen molar-refractivity contribution in [2.24, 2.45) is 5.73 Å². The van der Waals surface area contributed by atoms with E-state index in [4.69, 9.17) is 5.73 Å². The molecule has 0 aliphatic heterocycles. The second-order valence-electron chi connectivity index (χ2n) is 5.54. The molecule has 1 aliphatic rings. The highest BCUT2D eigenvalue weighted by atomic mass is 32.1. The van der Waals surface area contributed by atoms with Crippen molar-refractivity contribution in [3.63, 3.8) is 0 Å². The van der Waals surface area contributed by atoms with Gasteiger partial charge in [-0.3, -0.25) is 4.90 Å². The molecule has 2 rings (SSSR count). The Kier molecular flexibility index (Phi) is 4.82. The van der Waals surface area contributed by atoms with Crippen LogP contribution in [0.2, 0.25) is 0 Å². The smallest absolute Gasteiger partial charge is 0.0418 e. The van der Waals surface area contributed by atoms with Gasteiger partial charge in [0.2, 0.25) is 0 Å². The Balaban J connectivity index is 2.06. The van der Waals surface area contributed by atoms with Gasteiger partial charge in [-0.15, -0.1) is 11.3 Å². The Hall–Kier alpha value is -0.380. The number of thiophene rings is 1. The largest absolute Gasteiger partial charge is 0.328 e. The fourth-order valence-electron chi connectivity index (χ4n) is 3.24. The third-order valence-corrected chi connectivity index (χ3v) is 5.54. The first kappa shape index (κ1) is 14.0. The van der Waals surface area contributed by atoms with Crippen LogP contribution in [0.5, 0.6) is 0 Å². The quantitative estimate of drug-likeness (QED) is 0.900. The van der Waals surface area contributed by atoms with E-state index in [9.17, 15) is 0 Å². The molecule has 102 valence electrons. The molecule has 0 saturated heterocycles. The van der Waals surface area contributed by atoms with Gasteiger partial charge in [0.05, 0.1) is 0 Å². The van der Waals surface area contributed by atoms with E-state index < -0.39 is 0 Å². The molecule has 0 bridgehead atoms. The van der Waals surface area contributed by atoms with Gasteiger partial charge in [0.1, 0.15) is 0 Å². The lowest BCUT2D eigenvalue weighted by Crippen LogP contribution is -2.42. The van der Waals surface area contributed by atoms with Gasteiger partial charge in [-0.25, -0.2) is 0 Å². The van der Waals surface area contributed by atoms with E-state index in [2.05, 4.69) is 37.1 Å². The summed E-state index contributed by atoms with van der Waals surface area (Å²) in [5, 5.41) is 2.21. The molecule has 18 heavy (non-hydrogen) atoms. The molecule has 1 aromatic heterocycles. The first-order valence-electron chi connectivity index (χ1n) is 7.18. The zero-order valence-electron chi connectivity index (χ0n) is 11.9. The van der Waals surface area contributed by atoms with Crippen LogP contribution in [0.15, 0.2) is 11.4 Å². The minimum absolute atomic E-state index is 0.443. The Labute approximate surface area is 115 Å². The lowest BCUT2D eigenvalue weighted by Gasteiger charge is -2.39. The van der Waals surface area contributed by atoms with E-state index in [1.165, 1.54) is 36.1 Å². The summed E-state index contributed by atoms with van der Waals surface area (Å²) in [7, 11) is 0. The molecular formula is C15H26N2S. The standard InChI is InChI=1S/C15H26N2S/c1-4-17(14-7-5-13(16)6-8-14)12(3)15-11(2)9-10-18-15/h9-10,12-14H,4-8,16H2,1-3H3. The first-order valence-corrected chi connectivity index (χ1v) is 8.06. The van der Waals surface area contributed by atoms with Crippen molar-refractivity contribution >= 4 is 11.3 Å². The second-order valence-corrected chi connectivity index (χ2v) is 6.49. The van der Waals surface area contributed by atoms with Crippen LogP contribution in [0, 0.1) is 6.92 Å². The highest BCUT2D eigenvalue weighted by molar-refractivity contribution is 7.10. The van der Waals surface area contributed by atoms with Crippen molar-refractivity contribution in [3.8, 4) is 0 Å². The fourth-order valence-corrected chi connectivity index (χ4v) is 4.25. The maximum atomic E-state index is 6.02. The minimum atomic E-state index is 0.443. The maximum absolute atomic E-state index is 6.02. The fraction of sp³-hybridized carbons (Fsp3) is 0.733. The number of aryl methyl sites for hydroxylation is 1. The van der Waals surface area contributed by atoms with Crippen molar-refractivity contribution in [2.45, 2.75) is 64.6 Å². The molecule has 1 atom stereocenters. The van der Waals surface area contributed by atoms with Gasteiger partial charge in [-0.2, -0.15) is 0 Å². The van der Waals surface area contributed by atoms with Gasteiger partial charge in [0.15, 0.2) is 0 Å². The molecule has 2 nitrogen and oxygen atoms in total. The van der Waals surface area contributed by atoms with Gasteiger partial charge in [-0.05, 0) is 63.1 Å². The highest BCUT2D eigenvalue weighted by Crippen LogP contribution is 2.33. The Morgan fingerprint density at radius 3 is 2.56 bits per heavy atom. The molecule has 1 heterocycles. The Bertz CT molecular complexity index is 366. The predicted molar refractivity (Wildman–Crippen MR) is 80.1 cm³/mol. The molecule has 0 radical (unpaired) electrons. The lowest BCUT2D eigenvalue weighted by molar-refractivity contribution is 0.116. The zero-order chi connectivity index (χ0) is 13.1. The van der Waals surface area contributed by atoms with Crippen LogP contribution in [0.3, 0.4) is 0 Å². The molecule has 1 aliphatic carbocycles. The van der Waals surface area contributed by atoms with Crippen molar-refractivity contribution in [1.29, 1.82) is 0 Å². The molecule has 0 aromatic carbocycles. The summed E-state index contributed by atoms with van der Waals surface area (Å²) >= 11 is 1.90. The van der Waals surface area contributed by atoms with Gasteiger partial charge in [0, 0.05) is 23.0 Å². The van der Waals surface area contributed by atoms with Gasteiger partial charge >= 0.3 is 0 Å². The van der Waals surface area contributed by atoms with E-state index >= 15 is 0 Å². The number of rotatable bonds is 4. The molecular weight excluding hydrogens is 240 g/mol. The first-order chi connectivity index (χ1) is 8.63. The molecule has 2 N–H and O–H groups in total. The minimum Gasteiger partial charge on any atom is -0.328 e. The maximum Gasteiger partial charge on any atom is 0.0418 e. The van der Waals surface area contributed by atoms with E-state index in [0.717, 1.165) is 12.6 Å². The predicted octanol–water partition coefficient (Wildman–Crippen LogP) is 3.71. The monoisotopic (exact) mass is 266 g/mol. The van der Waals surface area contributed by atoms with Crippen molar-refractivity contribution in [2.75, 3.05) is 6.54 Å². The average Bonchev–Trinajstić information content (AvgIpc) is 2.78. The number of nitrogens with zero attached hydrogens (tertiary/aromatic N) is 1. The highest BCUT2D eigenvalue weighted by Gasteiger charge is 2.28. The van der Waals surface area contributed by atoms with Crippen molar-refractivity contribution in [1.82, 2.24) is 4.90 Å². The van der Waals surface area contributed by atoms with E-state index in [1.54, 1.807) is 0 Å². The van der Waals surface area contributed by atoms with Gasteiger partial charge < -0.3 is 5.73 Å². The summed E-state index contributed by atoms with van der Waals surface area (Å²) in [6.07, 6.45) is 4.92. The van der Waals surface area contributed by atoms with Crippen molar-refractivity contribution < 1.29 is 0 Å². The van der Waals surface area contributed by atoms with Crippen LogP contribution >= 0.6 is 11.3 Å².